The number of aldehydes is 1. The number of nitrogens with one attached hydrogen (secondary N) is 5. The fourth-order valence-corrected chi connectivity index (χ4v) is 5.16. The molecule has 0 spiro atoms. The summed E-state index contributed by atoms with van der Waals surface area (Å²) >= 11 is 1.20. The van der Waals surface area contributed by atoms with E-state index in [4.69, 9.17) is 16.6 Å². The summed E-state index contributed by atoms with van der Waals surface area (Å²) in [7, 11) is 0. The number of carboxylic acids is 5. The van der Waals surface area contributed by atoms with Crippen molar-refractivity contribution in [2.24, 2.45) is 5.92 Å². The number of carboxylic acid groups (broad SMARTS) is 5. The summed E-state index contributed by atoms with van der Waals surface area (Å²) in [5, 5.41) is 56.7. The van der Waals surface area contributed by atoms with Gasteiger partial charge in [0.2, 0.25) is 29.5 Å². The Morgan fingerprint density at radius 2 is 0.946 bits per heavy atom. The quantitative estimate of drug-likeness (QED) is 0.0204. The van der Waals surface area contributed by atoms with Gasteiger partial charge in [-0.3, -0.25) is 52.7 Å². The van der Waals surface area contributed by atoms with Gasteiger partial charge >= 0.3 is 29.8 Å². The Balaban J connectivity index is 6.45. The molecule has 0 fully saturated rings. The maximum Gasteiger partial charge on any atom is 0.305 e. The Morgan fingerprint density at radius 3 is 1.32 bits per heavy atom. The van der Waals surface area contributed by atoms with Crippen molar-refractivity contribution in [3.05, 3.63) is 0 Å². The number of thioether (sulfide) groups is 1. The van der Waals surface area contributed by atoms with Gasteiger partial charge in [0.05, 0.1) is 24.8 Å². The molecule has 0 aromatic heterocycles. The predicted octanol–water partition coefficient (Wildman–Crippen LogP) is -2.50. The molecule has 23 heteroatoms. The van der Waals surface area contributed by atoms with Crippen molar-refractivity contribution in [1.82, 2.24) is 26.6 Å². The zero-order chi connectivity index (χ0) is 43.0. The second kappa shape index (κ2) is 26.7. The fraction of sp³-hybridized carbons (Fsp3) is 0.576. The topological polar surface area (TPSA) is 366 Å². The molecule has 0 saturated heterocycles. The number of ketones is 1. The molecule has 0 saturated carbocycles. The molecule has 6 atom stereocenters. The van der Waals surface area contributed by atoms with Gasteiger partial charge in [-0.05, 0) is 37.7 Å². The van der Waals surface area contributed by atoms with Gasteiger partial charge < -0.3 is 56.9 Å². The molecule has 0 aliphatic heterocycles. The van der Waals surface area contributed by atoms with Crippen LogP contribution < -0.4 is 26.6 Å². The molecule has 5 amide bonds. The van der Waals surface area contributed by atoms with Crippen molar-refractivity contribution in [2.45, 2.75) is 101 Å². The second-order valence-electron chi connectivity index (χ2n) is 12.0. The molecule has 0 radical (unpaired) electrons. The Bertz CT molecular complexity index is 1530. The second-order valence-corrected chi connectivity index (χ2v) is 13.0. The number of carbonyl (C=O) groups is 12. The summed E-state index contributed by atoms with van der Waals surface area (Å²) < 4.78 is 0. The average molecular weight is 816 g/mol. The van der Waals surface area contributed by atoms with Crippen LogP contribution in [0.5, 0.6) is 0 Å². The van der Waals surface area contributed by atoms with E-state index in [1.807, 2.05) is 5.32 Å². The molecule has 0 aliphatic carbocycles. The lowest BCUT2D eigenvalue weighted by Crippen LogP contribution is -2.59. The van der Waals surface area contributed by atoms with E-state index < -0.39 is 159 Å². The Morgan fingerprint density at radius 1 is 0.554 bits per heavy atom. The molecule has 0 aromatic rings. The molecule has 0 aliphatic rings. The number of rotatable bonds is 30. The fourth-order valence-electron chi connectivity index (χ4n) is 4.69. The summed E-state index contributed by atoms with van der Waals surface area (Å²) in [6.07, 6.45) is 0.348. The summed E-state index contributed by atoms with van der Waals surface area (Å²) in [5.41, 5.74) is 0. The van der Waals surface area contributed by atoms with Crippen LogP contribution >= 0.6 is 11.8 Å². The molecule has 56 heavy (non-hydrogen) atoms. The molecule has 10 N–H and O–H groups in total. The van der Waals surface area contributed by atoms with Gasteiger partial charge in [-0.2, -0.15) is 11.8 Å². The Labute approximate surface area is 323 Å². The molecule has 22 nitrogen and oxygen atoms in total. The Kier molecular flexibility index (Phi) is 23.8. The van der Waals surface area contributed by atoms with Crippen LogP contribution in [0.3, 0.4) is 0 Å². The van der Waals surface area contributed by atoms with E-state index in [9.17, 15) is 72.9 Å². The highest BCUT2D eigenvalue weighted by Gasteiger charge is 2.34. The summed E-state index contributed by atoms with van der Waals surface area (Å²) in [4.78, 5) is 146. The van der Waals surface area contributed by atoms with E-state index in [0.717, 1.165) is 0 Å². The van der Waals surface area contributed by atoms with Gasteiger partial charge in [-0.1, -0.05) is 0 Å². The molecule has 0 bridgehead atoms. The average Bonchev–Trinajstić information content (AvgIpc) is 3.11. The first kappa shape index (κ1) is 49.9. The van der Waals surface area contributed by atoms with Crippen LogP contribution in [-0.4, -0.2) is 139 Å². The van der Waals surface area contributed by atoms with Crippen LogP contribution in [0.25, 0.3) is 0 Å². The highest BCUT2D eigenvalue weighted by molar-refractivity contribution is 7.98. The van der Waals surface area contributed by atoms with E-state index in [2.05, 4.69) is 27.2 Å². The van der Waals surface area contributed by atoms with Crippen molar-refractivity contribution in [3.8, 4) is 12.3 Å². The first-order chi connectivity index (χ1) is 26.2. The van der Waals surface area contributed by atoms with Crippen LogP contribution in [0.2, 0.25) is 0 Å². The molecule has 0 aromatic carbocycles. The first-order valence-electron chi connectivity index (χ1n) is 16.8. The van der Waals surface area contributed by atoms with Gasteiger partial charge in [0.25, 0.3) is 0 Å². The maximum atomic E-state index is 13.6. The third kappa shape index (κ3) is 21.0. The lowest BCUT2D eigenvalue weighted by Gasteiger charge is -2.27. The van der Waals surface area contributed by atoms with E-state index in [0.29, 0.717) is 0 Å². The number of carbonyl (C=O) groups excluding carboxylic acids is 7. The lowest BCUT2D eigenvalue weighted by atomic mass is 9.93. The largest absolute Gasteiger partial charge is 0.481 e. The Hall–Kier alpha value is -6.05. The minimum Gasteiger partial charge on any atom is -0.481 e. The minimum absolute atomic E-state index is 0.167. The van der Waals surface area contributed by atoms with Gasteiger partial charge in [0.15, 0.2) is 5.78 Å². The van der Waals surface area contributed by atoms with Gasteiger partial charge in [0.1, 0.15) is 30.5 Å². The van der Waals surface area contributed by atoms with E-state index in [-0.39, 0.29) is 24.9 Å². The van der Waals surface area contributed by atoms with E-state index in [1.165, 1.54) is 11.8 Å². The standard InChI is InChI=1S/C33H45N5O17S/c1-3-4-17(16-39)29(51)18(5-9-24(41)42)35-30(52)19(6-10-25(43)44)36-32(54)21(13-14-56-2)38-31(53)20(7-11-26(45)46)37-33(55)22(15-28(49)50)34-23(40)8-12-27(47)48/h1,16-22H,4-15H2,2H3,(H,34,40)(H,35,52)(H,36,54)(H,37,55)(H,38,53)(H,41,42)(H,43,44)(H,45,46)(H,47,48)(H,49,50)/t17-,18-,19-,20-,21-,22-/m0/s1. The smallest absolute Gasteiger partial charge is 0.305 e. The van der Waals surface area contributed by atoms with Crippen molar-refractivity contribution in [1.29, 1.82) is 0 Å². The van der Waals surface area contributed by atoms with E-state index >= 15 is 0 Å². The zero-order valence-corrected chi connectivity index (χ0v) is 31.0. The third-order valence-electron chi connectivity index (χ3n) is 7.57. The van der Waals surface area contributed by atoms with Crippen molar-refractivity contribution in [2.75, 3.05) is 12.0 Å². The molecular formula is C33H45N5O17S. The number of aliphatic carboxylic acids is 5. The molecule has 0 heterocycles. The molecular weight excluding hydrogens is 770 g/mol. The normalized spacial score (nSPS) is 13.7. The number of terminal acetylenes is 1. The monoisotopic (exact) mass is 815 g/mol. The van der Waals surface area contributed by atoms with Gasteiger partial charge in [0, 0.05) is 32.1 Å². The summed E-state index contributed by atoms with van der Waals surface area (Å²) in [6, 6.07) is -8.50. The van der Waals surface area contributed by atoms with Crippen LogP contribution in [0.15, 0.2) is 0 Å². The molecule has 0 unspecified atom stereocenters. The summed E-state index contributed by atoms with van der Waals surface area (Å²) in [5.74, 6) is -13.0. The van der Waals surface area contributed by atoms with Gasteiger partial charge in [-0.25, -0.2) is 0 Å². The van der Waals surface area contributed by atoms with Crippen LogP contribution in [0.1, 0.15) is 70.6 Å². The predicted molar refractivity (Wildman–Crippen MR) is 190 cm³/mol. The summed E-state index contributed by atoms with van der Waals surface area (Å²) in [6.45, 7) is 0. The van der Waals surface area contributed by atoms with Crippen LogP contribution in [0, 0.1) is 18.3 Å². The third-order valence-corrected chi connectivity index (χ3v) is 8.22. The lowest BCUT2D eigenvalue weighted by molar-refractivity contribution is -0.142. The zero-order valence-electron chi connectivity index (χ0n) is 30.1. The van der Waals surface area contributed by atoms with Crippen molar-refractivity contribution < 1.29 is 83.1 Å². The van der Waals surface area contributed by atoms with E-state index in [1.54, 1.807) is 6.26 Å². The maximum absolute atomic E-state index is 13.6. The van der Waals surface area contributed by atoms with Crippen molar-refractivity contribution >= 4 is 83.2 Å². The van der Waals surface area contributed by atoms with Crippen molar-refractivity contribution in [3.63, 3.8) is 0 Å². The minimum atomic E-state index is -1.85. The molecule has 0 rings (SSSR count). The highest BCUT2D eigenvalue weighted by Crippen LogP contribution is 2.12. The SMILES string of the molecule is C#CC[C@@H](C=O)C(=O)[C@H](CCC(=O)O)NC(=O)[C@H](CCC(=O)O)NC(=O)[C@H](CCSC)NC(=O)[C@H](CCC(=O)O)NC(=O)[C@H](CC(=O)O)NC(=O)CCC(=O)O. The number of amides is 5. The number of hydrogen-bond donors (Lipinski definition) is 10. The molecule has 310 valence electrons. The van der Waals surface area contributed by atoms with Crippen LogP contribution in [-0.2, 0) is 57.5 Å². The van der Waals surface area contributed by atoms with Crippen LogP contribution in [0.4, 0.5) is 0 Å². The first-order valence-corrected chi connectivity index (χ1v) is 18.2. The number of hydrogen-bond acceptors (Lipinski definition) is 13. The van der Waals surface area contributed by atoms with Gasteiger partial charge in [-0.15, -0.1) is 12.3 Å². The number of Topliss-reactive ketones (excluding diaryl/α,β-unsaturated/α-hetero) is 1. The highest BCUT2D eigenvalue weighted by atomic mass is 32.2.